The monoisotopic (exact) mass is 318 g/mol. The molecule has 2 heterocycles. The predicted octanol–water partition coefficient (Wildman–Crippen LogP) is 3.52. The van der Waals surface area contributed by atoms with Crippen molar-refractivity contribution in [3.05, 3.63) is 66.6 Å². The highest BCUT2D eigenvalue weighted by atomic mass is 16.4. The lowest BCUT2D eigenvalue weighted by Gasteiger charge is -2.01. The topological polar surface area (TPSA) is 91.0 Å². The van der Waals surface area contributed by atoms with Crippen LogP contribution in [0.3, 0.4) is 0 Å². The molecular weight excluding hydrogens is 304 g/mol. The van der Waals surface area contributed by atoms with Crippen LogP contribution >= 0.6 is 0 Å². The second kappa shape index (κ2) is 6.10. The summed E-state index contributed by atoms with van der Waals surface area (Å²) in [7, 11) is 0. The van der Waals surface area contributed by atoms with Crippen molar-refractivity contribution in [2.24, 2.45) is 5.73 Å². The van der Waals surface area contributed by atoms with Crippen molar-refractivity contribution in [2.45, 2.75) is 6.54 Å². The minimum atomic E-state index is 0.316. The van der Waals surface area contributed by atoms with Crippen LogP contribution in [0.1, 0.15) is 5.56 Å². The first-order chi connectivity index (χ1) is 11.8. The summed E-state index contributed by atoms with van der Waals surface area (Å²) in [6.45, 7) is 0.454. The zero-order valence-electron chi connectivity index (χ0n) is 12.7. The molecule has 24 heavy (non-hydrogen) atoms. The number of rotatable bonds is 4. The zero-order valence-corrected chi connectivity index (χ0v) is 12.7. The standard InChI is InChI=1S/C18H14N4O2/c19-10-12-5-4-8-14(9-12)16-15(20-11-23-16)18-22-21-17(24-18)13-6-2-1-3-7-13/h1-9,11H,10,19H2. The van der Waals surface area contributed by atoms with E-state index in [1.54, 1.807) is 0 Å². The van der Waals surface area contributed by atoms with Crippen molar-refractivity contribution in [3.8, 4) is 34.4 Å². The van der Waals surface area contributed by atoms with Crippen LogP contribution in [0.15, 0.2) is 69.8 Å². The molecule has 0 saturated heterocycles. The van der Waals surface area contributed by atoms with Crippen LogP contribution in [0.2, 0.25) is 0 Å². The van der Waals surface area contributed by atoms with Gasteiger partial charge in [-0.3, -0.25) is 0 Å². The summed E-state index contributed by atoms with van der Waals surface area (Å²) in [5.41, 5.74) is 8.94. The van der Waals surface area contributed by atoms with E-state index in [1.807, 2.05) is 54.6 Å². The van der Waals surface area contributed by atoms with Gasteiger partial charge in [0.05, 0.1) is 0 Å². The SMILES string of the molecule is NCc1cccc(-c2ocnc2-c2nnc(-c3ccccc3)o2)c1. The van der Waals surface area contributed by atoms with Gasteiger partial charge in [-0.2, -0.15) is 0 Å². The van der Waals surface area contributed by atoms with Crippen molar-refractivity contribution in [2.75, 3.05) is 0 Å². The summed E-state index contributed by atoms with van der Waals surface area (Å²) < 4.78 is 11.3. The van der Waals surface area contributed by atoms with Gasteiger partial charge in [-0.15, -0.1) is 10.2 Å². The third-order valence-corrected chi connectivity index (χ3v) is 3.64. The molecule has 2 aromatic heterocycles. The summed E-state index contributed by atoms with van der Waals surface area (Å²) >= 11 is 0. The molecule has 0 bridgehead atoms. The first-order valence-corrected chi connectivity index (χ1v) is 7.47. The minimum Gasteiger partial charge on any atom is -0.443 e. The smallest absolute Gasteiger partial charge is 0.270 e. The second-order valence-corrected chi connectivity index (χ2v) is 5.21. The molecule has 6 heteroatoms. The van der Waals surface area contributed by atoms with E-state index in [0.29, 0.717) is 29.8 Å². The highest BCUT2D eigenvalue weighted by molar-refractivity contribution is 5.73. The Morgan fingerprint density at radius 2 is 1.67 bits per heavy atom. The van der Waals surface area contributed by atoms with Crippen LogP contribution in [-0.4, -0.2) is 15.2 Å². The van der Waals surface area contributed by atoms with E-state index in [0.717, 1.165) is 16.7 Å². The van der Waals surface area contributed by atoms with Crippen molar-refractivity contribution >= 4 is 0 Å². The number of benzene rings is 2. The van der Waals surface area contributed by atoms with Gasteiger partial charge in [-0.25, -0.2) is 4.98 Å². The Hall–Kier alpha value is -3.25. The molecule has 0 amide bonds. The van der Waals surface area contributed by atoms with Gasteiger partial charge >= 0.3 is 0 Å². The molecule has 0 saturated carbocycles. The molecule has 0 aliphatic carbocycles. The highest BCUT2D eigenvalue weighted by Gasteiger charge is 2.19. The first kappa shape index (κ1) is 14.3. The zero-order chi connectivity index (χ0) is 16.4. The number of hydrogen-bond donors (Lipinski definition) is 1. The van der Waals surface area contributed by atoms with Gasteiger partial charge in [0, 0.05) is 17.7 Å². The summed E-state index contributed by atoms with van der Waals surface area (Å²) in [6, 6.07) is 17.3. The average Bonchev–Trinajstić information content (AvgIpc) is 3.31. The van der Waals surface area contributed by atoms with Crippen molar-refractivity contribution < 1.29 is 8.83 Å². The lowest BCUT2D eigenvalue weighted by molar-refractivity contribution is 0.568. The lowest BCUT2D eigenvalue weighted by atomic mass is 10.1. The molecular formula is C18H14N4O2. The van der Waals surface area contributed by atoms with Crippen molar-refractivity contribution in [1.82, 2.24) is 15.2 Å². The van der Waals surface area contributed by atoms with Crippen molar-refractivity contribution in [1.29, 1.82) is 0 Å². The molecule has 6 nitrogen and oxygen atoms in total. The van der Waals surface area contributed by atoms with Crippen LogP contribution in [0.5, 0.6) is 0 Å². The maximum Gasteiger partial charge on any atom is 0.270 e. The Kier molecular flexibility index (Phi) is 3.64. The second-order valence-electron chi connectivity index (χ2n) is 5.21. The van der Waals surface area contributed by atoms with Gasteiger partial charge in [0.1, 0.15) is 0 Å². The van der Waals surface area contributed by atoms with Crippen LogP contribution in [0.4, 0.5) is 0 Å². The van der Waals surface area contributed by atoms with E-state index in [-0.39, 0.29) is 0 Å². The van der Waals surface area contributed by atoms with E-state index >= 15 is 0 Å². The molecule has 118 valence electrons. The molecule has 2 N–H and O–H groups in total. The average molecular weight is 318 g/mol. The van der Waals surface area contributed by atoms with E-state index in [4.69, 9.17) is 14.6 Å². The normalized spacial score (nSPS) is 10.9. The van der Waals surface area contributed by atoms with Gasteiger partial charge in [0.15, 0.2) is 17.8 Å². The Labute approximate surface area is 138 Å². The summed E-state index contributed by atoms with van der Waals surface area (Å²) in [5, 5.41) is 8.19. The third-order valence-electron chi connectivity index (χ3n) is 3.64. The number of hydrogen-bond acceptors (Lipinski definition) is 6. The Morgan fingerprint density at radius 3 is 2.50 bits per heavy atom. The summed E-state index contributed by atoms with van der Waals surface area (Å²) in [6.07, 6.45) is 1.37. The molecule has 2 aromatic carbocycles. The molecule has 0 spiro atoms. The molecule has 0 fully saturated rings. The van der Waals surface area contributed by atoms with E-state index < -0.39 is 0 Å². The fourth-order valence-electron chi connectivity index (χ4n) is 2.46. The van der Waals surface area contributed by atoms with Crippen LogP contribution < -0.4 is 5.73 Å². The molecule has 0 aliphatic rings. The Balaban J connectivity index is 1.74. The van der Waals surface area contributed by atoms with E-state index in [2.05, 4.69) is 15.2 Å². The molecule has 0 aliphatic heterocycles. The quantitative estimate of drug-likeness (QED) is 0.619. The molecule has 0 radical (unpaired) electrons. The van der Waals surface area contributed by atoms with Gasteiger partial charge < -0.3 is 14.6 Å². The Bertz CT molecular complexity index is 960. The Morgan fingerprint density at radius 1 is 0.875 bits per heavy atom. The molecule has 0 atom stereocenters. The minimum absolute atomic E-state index is 0.316. The van der Waals surface area contributed by atoms with E-state index in [1.165, 1.54) is 6.39 Å². The van der Waals surface area contributed by atoms with Gasteiger partial charge in [-0.1, -0.05) is 36.4 Å². The third kappa shape index (κ3) is 2.59. The van der Waals surface area contributed by atoms with Gasteiger partial charge in [0.2, 0.25) is 5.89 Å². The highest BCUT2D eigenvalue weighted by Crippen LogP contribution is 2.32. The lowest BCUT2D eigenvalue weighted by Crippen LogP contribution is -1.95. The van der Waals surface area contributed by atoms with Crippen molar-refractivity contribution in [3.63, 3.8) is 0 Å². The maximum atomic E-state index is 5.76. The summed E-state index contributed by atoms with van der Waals surface area (Å²) in [5.74, 6) is 1.33. The number of oxazole rings is 1. The molecule has 0 unspecified atom stereocenters. The maximum absolute atomic E-state index is 5.76. The van der Waals surface area contributed by atoms with Crippen LogP contribution in [0.25, 0.3) is 34.4 Å². The van der Waals surface area contributed by atoms with Gasteiger partial charge in [0.25, 0.3) is 5.89 Å². The largest absolute Gasteiger partial charge is 0.443 e. The molecule has 4 aromatic rings. The van der Waals surface area contributed by atoms with E-state index in [9.17, 15) is 0 Å². The predicted molar refractivity (Wildman–Crippen MR) is 88.6 cm³/mol. The number of nitrogens with two attached hydrogens (primary N) is 1. The van der Waals surface area contributed by atoms with Crippen LogP contribution in [-0.2, 0) is 6.54 Å². The van der Waals surface area contributed by atoms with Crippen LogP contribution in [0, 0.1) is 0 Å². The first-order valence-electron chi connectivity index (χ1n) is 7.47. The molecule has 4 rings (SSSR count). The number of nitrogens with zero attached hydrogens (tertiary/aromatic N) is 3. The number of aromatic nitrogens is 3. The summed E-state index contributed by atoms with van der Waals surface area (Å²) in [4.78, 5) is 4.23. The van der Waals surface area contributed by atoms with Gasteiger partial charge in [-0.05, 0) is 23.8 Å². The fourth-order valence-corrected chi connectivity index (χ4v) is 2.46. The fraction of sp³-hybridized carbons (Fsp3) is 0.0556.